The van der Waals surface area contributed by atoms with Crippen LogP contribution in [0, 0.1) is 0 Å². The third-order valence-corrected chi connectivity index (χ3v) is 2.57. The van der Waals surface area contributed by atoms with Gasteiger partial charge in [-0.25, -0.2) is 4.68 Å². The fourth-order valence-electron chi connectivity index (χ4n) is 1.39. The Balaban J connectivity index is 2.46. The second-order valence-corrected chi connectivity index (χ2v) is 3.87. The van der Waals surface area contributed by atoms with Crippen LogP contribution in [0.5, 0.6) is 0 Å². The summed E-state index contributed by atoms with van der Waals surface area (Å²) in [4.78, 5) is 0. The highest BCUT2D eigenvalue weighted by Crippen LogP contribution is 2.38. The number of benzene rings is 1. The lowest BCUT2D eigenvalue weighted by molar-refractivity contribution is -0.258. The topological polar surface area (TPSA) is 63.8 Å². The minimum atomic E-state index is -4.76. The van der Waals surface area contributed by atoms with Crippen LogP contribution in [-0.2, 0) is 5.60 Å². The molecule has 1 unspecified atom stereocenters. The first-order chi connectivity index (χ1) is 8.32. The number of hydrogen-bond donors (Lipinski definition) is 1. The van der Waals surface area contributed by atoms with Crippen LogP contribution in [0.1, 0.15) is 12.5 Å². The zero-order chi connectivity index (χ0) is 13.4. The lowest BCUT2D eigenvalue weighted by Crippen LogP contribution is -2.39. The molecule has 0 aliphatic rings. The molecular weight excluding hydrogens is 249 g/mol. The molecule has 0 saturated heterocycles. The van der Waals surface area contributed by atoms with Crippen LogP contribution in [0.4, 0.5) is 13.2 Å². The number of tetrazole rings is 1. The van der Waals surface area contributed by atoms with Gasteiger partial charge in [0.2, 0.25) is 0 Å². The van der Waals surface area contributed by atoms with Crippen LogP contribution < -0.4 is 0 Å². The van der Waals surface area contributed by atoms with Crippen molar-refractivity contribution in [2.75, 3.05) is 0 Å². The molecule has 1 heterocycles. The predicted molar refractivity (Wildman–Crippen MR) is 54.8 cm³/mol. The summed E-state index contributed by atoms with van der Waals surface area (Å²) in [7, 11) is 0. The van der Waals surface area contributed by atoms with Gasteiger partial charge < -0.3 is 5.11 Å². The molecule has 96 valence electrons. The van der Waals surface area contributed by atoms with Gasteiger partial charge in [0.25, 0.3) is 0 Å². The van der Waals surface area contributed by atoms with E-state index in [2.05, 4.69) is 15.5 Å². The van der Waals surface area contributed by atoms with Gasteiger partial charge in [-0.05, 0) is 35.0 Å². The molecule has 2 aromatic rings. The molecule has 8 heteroatoms. The summed E-state index contributed by atoms with van der Waals surface area (Å²) in [6.07, 6.45) is -3.51. The van der Waals surface area contributed by atoms with Crippen molar-refractivity contribution < 1.29 is 18.3 Å². The van der Waals surface area contributed by atoms with Gasteiger partial charge >= 0.3 is 6.18 Å². The predicted octanol–water partition coefficient (Wildman–Crippen LogP) is 1.43. The van der Waals surface area contributed by atoms with Gasteiger partial charge in [-0.15, -0.1) is 5.10 Å². The summed E-state index contributed by atoms with van der Waals surface area (Å²) in [6, 6.07) is 5.31. The van der Waals surface area contributed by atoms with Gasteiger partial charge in [0.1, 0.15) is 6.33 Å². The molecule has 1 N–H and O–H groups in total. The third kappa shape index (κ3) is 2.06. The largest absolute Gasteiger partial charge is 0.421 e. The van der Waals surface area contributed by atoms with Crippen molar-refractivity contribution in [2.45, 2.75) is 18.7 Å². The highest BCUT2D eigenvalue weighted by atomic mass is 19.4. The van der Waals surface area contributed by atoms with Crippen LogP contribution in [0.3, 0.4) is 0 Å². The van der Waals surface area contributed by atoms with Crippen molar-refractivity contribution in [1.82, 2.24) is 20.2 Å². The van der Waals surface area contributed by atoms with Gasteiger partial charge in [0.05, 0.1) is 5.69 Å². The first-order valence-corrected chi connectivity index (χ1v) is 4.95. The van der Waals surface area contributed by atoms with Gasteiger partial charge in [-0.3, -0.25) is 0 Å². The van der Waals surface area contributed by atoms with E-state index in [0.717, 1.165) is 0 Å². The number of alkyl halides is 3. The molecule has 18 heavy (non-hydrogen) atoms. The molecule has 0 amide bonds. The van der Waals surface area contributed by atoms with Gasteiger partial charge in [-0.1, -0.05) is 12.1 Å². The molecule has 0 aliphatic carbocycles. The Labute approximate surface area is 99.9 Å². The van der Waals surface area contributed by atoms with E-state index in [4.69, 9.17) is 0 Å². The Morgan fingerprint density at radius 3 is 2.56 bits per heavy atom. The summed E-state index contributed by atoms with van der Waals surface area (Å²) in [5, 5.41) is 19.9. The smallest absolute Gasteiger partial charge is 0.376 e. The first-order valence-electron chi connectivity index (χ1n) is 4.95. The molecule has 0 bridgehead atoms. The van der Waals surface area contributed by atoms with Crippen LogP contribution in [0.25, 0.3) is 5.69 Å². The maximum Gasteiger partial charge on any atom is 0.421 e. The molecule has 1 aromatic carbocycles. The highest BCUT2D eigenvalue weighted by Gasteiger charge is 2.51. The van der Waals surface area contributed by atoms with E-state index >= 15 is 0 Å². The summed E-state index contributed by atoms with van der Waals surface area (Å²) in [6.45, 7) is 0.700. The van der Waals surface area contributed by atoms with Crippen molar-refractivity contribution in [1.29, 1.82) is 0 Å². The average molecular weight is 258 g/mol. The summed E-state index contributed by atoms with van der Waals surface area (Å²) in [5.74, 6) is 0. The van der Waals surface area contributed by atoms with Crippen molar-refractivity contribution in [2.24, 2.45) is 0 Å². The normalized spacial score (nSPS) is 15.4. The van der Waals surface area contributed by atoms with E-state index in [1.165, 1.54) is 35.3 Å². The Morgan fingerprint density at radius 2 is 2.00 bits per heavy atom. The molecule has 0 saturated carbocycles. The Morgan fingerprint density at radius 1 is 1.28 bits per heavy atom. The second kappa shape index (κ2) is 4.05. The molecule has 0 aliphatic heterocycles. The molecule has 1 aromatic heterocycles. The number of nitrogens with zero attached hydrogens (tertiary/aromatic N) is 4. The Hall–Kier alpha value is -1.96. The molecule has 0 fully saturated rings. The number of hydrogen-bond acceptors (Lipinski definition) is 4. The van der Waals surface area contributed by atoms with Crippen LogP contribution in [0.2, 0.25) is 0 Å². The highest BCUT2D eigenvalue weighted by molar-refractivity contribution is 5.37. The molecule has 1 atom stereocenters. The standard InChI is InChI=1S/C10H9F3N4O/c1-9(18,10(11,12)13)7-3-2-4-8(5-7)17-6-14-15-16-17/h2-6,18H,1H3. The van der Waals surface area contributed by atoms with Gasteiger partial charge in [-0.2, -0.15) is 13.2 Å². The minimum absolute atomic E-state index is 0.275. The molecule has 0 spiro atoms. The molecular formula is C10H9F3N4O. The summed E-state index contributed by atoms with van der Waals surface area (Å²) in [5.41, 5.74) is -2.86. The third-order valence-electron chi connectivity index (χ3n) is 2.57. The number of aromatic nitrogens is 4. The van der Waals surface area contributed by atoms with Crippen LogP contribution >= 0.6 is 0 Å². The second-order valence-electron chi connectivity index (χ2n) is 3.87. The minimum Gasteiger partial charge on any atom is -0.376 e. The molecule has 2 rings (SSSR count). The Kier molecular flexibility index (Phi) is 2.81. The monoisotopic (exact) mass is 258 g/mol. The van der Waals surface area contributed by atoms with Crippen LogP contribution in [0.15, 0.2) is 30.6 Å². The number of rotatable bonds is 2. The number of aliphatic hydroxyl groups is 1. The fourth-order valence-corrected chi connectivity index (χ4v) is 1.39. The van der Waals surface area contributed by atoms with Crippen molar-refractivity contribution in [3.8, 4) is 5.69 Å². The zero-order valence-electron chi connectivity index (χ0n) is 9.26. The van der Waals surface area contributed by atoms with E-state index in [-0.39, 0.29) is 5.56 Å². The lowest BCUT2D eigenvalue weighted by atomic mass is 9.95. The van der Waals surface area contributed by atoms with E-state index in [1.807, 2.05) is 0 Å². The van der Waals surface area contributed by atoms with E-state index in [1.54, 1.807) is 0 Å². The van der Waals surface area contributed by atoms with Crippen molar-refractivity contribution in [3.63, 3.8) is 0 Å². The maximum atomic E-state index is 12.7. The molecule has 5 nitrogen and oxygen atoms in total. The molecule has 0 radical (unpaired) electrons. The van der Waals surface area contributed by atoms with Gasteiger partial charge in [0.15, 0.2) is 5.60 Å². The SMILES string of the molecule is CC(O)(c1cccc(-n2cnnn2)c1)C(F)(F)F. The zero-order valence-corrected chi connectivity index (χ0v) is 9.26. The lowest BCUT2D eigenvalue weighted by Gasteiger charge is -2.26. The van der Waals surface area contributed by atoms with Crippen molar-refractivity contribution >= 4 is 0 Å². The average Bonchev–Trinajstić information content (AvgIpc) is 2.81. The van der Waals surface area contributed by atoms with E-state index in [9.17, 15) is 18.3 Å². The van der Waals surface area contributed by atoms with E-state index in [0.29, 0.717) is 12.6 Å². The van der Waals surface area contributed by atoms with Gasteiger partial charge in [0, 0.05) is 0 Å². The first kappa shape index (κ1) is 12.5. The maximum absolute atomic E-state index is 12.7. The number of halogens is 3. The van der Waals surface area contributed by atoms with E-state index < -0.39 is 11.8 Å². The summed E-state index contributed by atoms with van der Waals surface area (Å²) >= 11 is 0. The Bertz CT molecular complexity index is 536. The van der Waals surface area contributed by atoms with Crippen LogP contribution in [-0.4, -0.2) is 31.5 Å². The summed E-state index contributed by atoms with van der Waals surface area (Å²) < 4.78 is 39.3. The fraction of sp³-hybridized carbons (Fsp3) is 0.300. The quantitative estimate of drug-likeness (QED) is 0.885. The van der Waals surface area contributed by atoms with Crippen molar-refractivity contribution in [3.05, 3.63) is 36.2 Å².